The molecule has 51 heavy (non-hydrogen) atoms. The number of carbonyl (C=O) groups excluding carboxylic acids is 4. The second-order valence-corrected chi connectivity index (χ2v) is 14.0. The van der Waals surface area contributed by atoms with Crippen LogP contribution in [0.1, 0.15) is 50.7 Å². The average Bonchev–Trinajstić information content (AvgIpc) is 3.70. The lowest BCUT2D eigenvalue weighted by molar-refractivity contribution is -0.142. The molecule has 0 aromatic heterocycles. The molecule has 2 bridgehead atoms. The largest absolute Gasteiger partial charge is 0.493 e. The first-order chi connectivity index (χ1) is 24.4. The number of fused-ring (bicyclic) bond motifs is 2. The van der Waals surface area contributed by atoms with E-state index in [1.54, 1.807) is 13.8 Å². The molecule has 2 N–H and O–H groups in total. The highest BCUT2D eigenvalue weighted by Gasteiger charge is 2.46. The first kappa shape index (κ1) is 39.0. The van der Waals surface area contributed by atoms with E-state index in [4.69, 9.17) is 23.7 Å². The van der Waals surface area contributed by atoms with Gasteiger partial charge in [0.2, 0.25) is 5.91 Å². The van der Waals surface area contributed by atoms with Crippen LogP contribution in [0.2, 0.25) is 0 Å². The second kappa shape index (κ2) is 19.0. The second-order valence-electron chi connectivity index (χ2n) is 14.0. The van der Waals surface area contributed by atoms with Gasteiger partial charge in [-0.05, 0) is 94.9 Å². The van der Waals surface area contributed by atoms with E-state index >= 15 is 0 Å². The molecule has 2 aromatic rings. The van der Waals surface area contributed by atoms with E-state index < -0.39 is 24.1 Å². The third-order valence-electron chi connectivity index (χ3n) is 9.42. The molecule has 2 aliphatic carbocycles. The maximum absolute atomic E-state index is 13.1. The van der Waals surface area contributed by atoms with Gasteiger partial charge < -0.3 is 34.3 Å². The number of hydrogen-bond acceptors (Lipinski definition) is 9. The van der Waals surface area contributed by atoms with Gasteiger partial charge in [-0.25, -0.2) is 14.4 Å². The van der Waals surface area contributed by atoms with Crippen LogP contribution in [-0.4, -0.2) is 69.6 Å². The summed E-state index contributed by atoms with van der Waals surface area (Å²) in [6, 6.07) is 15.1. The molecule has 2 saturated carbocycles. The smallest absolute Gasteiger partial charge is 0.407 e. The quantitative estimate of drug-likeness (QED) is 0.104. The van der Waals surface area contributed by atoms with E-state index in [-0.39, 0.29) is 62.1 Å². The maximum Gasteiger partial charge on any atom is 0.407 e. The Bertz CT molecular complexity index is 1410. The predicted octanol–water partition coefficient (Wildman–Crippen LogP) is 5.88. The van der Waals surface area contributed by atoms with Crippen molar-refractivity contribution in [3.8, 4) is 11.5 Å². The average molecular weight is 705 g/mol. The van der Waals surface area contributed by atoms with E-state index in [9.17, 15) is 19.2 Å². The molecule has 2 amide bonds. The Balaban J connectivity index is 1.24. The molecule has 0 saturated heterocycles. The molecule has 0 heterocycles. The summed E-state index contributed by atoms with van der Waals surface area (Å²) in [6.07, 6.45) is 1.77. The number of carbonyl (C=O) groups is 4. The van der Waals surface area contributed by atoms with Gasteiger partial charge in [-0.3, -0.25) is 4.79 Å². The van der Waals surface area contributed by atoms with Crippen LogP contribution < -0.4 is 20.1 Å². The number of nitrogens with one attached hydrogen (secondary N) is 2. The van der Waals surface area contributed by atoms with Crippen LogP contribution in [0.3, 0.4) is 0 Å². The van der Waals surface area contributed by atoms with Gasteiger partial charge in [0.25, 0.3) is 0 Å². The van der Waals surface area contributed by atoms with Gasteiger partial charge >= 0.3 is 18.0 Å². The Hall–Kier alpha value is -4.80. The topological polar surface area (TPSA) is 138 Å². The standard InChI is InChI=1S/C40H52N2O9/c1-25(2)38(44)49-22-30(21-47-33-11-7-27(5)8-12-33)18-37(43)41-19-31-15-29-16-32(36(31)17-29)20-42-40(46)51-35(24-50-39(45)26(3)4)23-48-34-13-9-28(6)10-14-34/h7-14,29-32,35-36H,1,3,15-24H2,2,4-6H3,(H,41,43)(H,42,46). The molecule has 2 aliphatic rings. The maximum atomic E-state index is 13.1. The molecule has 0 spiro atoms. The van der Waals surface area contributed by atoms with Crippen molar-refractivity contribution in [2.45, 2.75) is 59.5 Å². The normalized spacial score (nSPS) is 20.0. The van der Waals surface area contributed by atoms with Gasteiger partial charge in [0, 0.05) is 36.6 Å². The molecule has 11 heteroatoms. The lowest BCUT2D eigenvalue weighted by Gasteiger charge is -2.30. The minimum Gasteiger partial charge on any atom is -0.493 e. The van der Waals surface area contributed by atoms with Crippen molar-refractivity contribution in [1.29, 1.82) is 0 Å². The van der Waals surface area contributed by atoms with Crippen molar-refractivity contribution in [2.24, 2.45) is 29.6 Å². The Morgan fingerprint density at radius 3 is 1.75 bits per heavy atom. The van der Waals surface area contributed by atoms with E-state index in [2.05, 4.69) is 23.8 Å². The zero-order valence-electron chi connectivity index (χ0n) is 30.2. The van der Waals surface area contributed by atoms with E-state index in [0.717, 1.165) is 30.4 Å². The van der Waals surface area contributed by atoms with Crippen molar-refractivity contribution >= 4 is 23.9 Å². The van der Waals surface area contributed by atoms with Crippen LogP contribution in [0.25, 0.3) is 0 Å². The van der Waals surface area contributed by atoms with E-state index in [1.165, 1.54) is 0 Å². The van der Waals surface area contributed by atoms with Crippen molar-refractivity contribution in [2.75, 3.05) is 39.5 Å². The summed E-state index contributed by atoms with van der Waals surface area (Å²) in [7, 11) is 0. The summed E-state index contributed by atoms with van der Waals surface area (Å²) in [5.41, 5.74) is 2.74. The fraction of sp³-hybridized carbons (Fsp3) is 0.500. The summed E-state index contributed by atoms with van der Waals surface area (Å²) < 4.78 is 28.0. The number of aryl methyl sites for hydroxylation is 2. The van der Waals surface area contributed by atoms with Gasteiger partial charge in [-0.2, -0.15) is 0 Å². The van der Waals surface area contributed by atoms with E-state index in [0.29, 0.717) is 42.0 Å². The highest BCUT2D eigenvalue weighted by atomic mass is 16.6. The number of esters is 2. The van der Waals surface area contributed by atoms with Crippen molar-refractivity contribution in [3.63, 3.8) is 0 Å². The molecular formula is C40H52N2O9. The number of amides is 2. The number of alkyl carbamates (subject to hydrolysis) is 1. The SMILES string of the molecule is C=C(C)C(=O)OCC(COc1ccc(C)cc1)CC(=O)NCC1CC2CC(CNC(=O)OC(COC(=O)C(=C)C)COc3ccc(C)cc3)C1C2. The van der Waals surface area contributed by atoms with Crippen LogP contribution in [0.15, 0.2) is 72.8 Å². The lowest BCUT2D eigenvalue weighted by atomic mass is 9.80. The van der Waals surface area contributed by atoms with Gasteiger partial charge in [0.15, 0.2) is 6.10 Å². The summed E-state index contributed by atoms with van der Waals surface area (Å²) >= 11 is 0. The summed E-state index contributed by atoms with van der Waals surface area (Å²) in [6.45, 7) is 15.4. The molecule has 6 unspecified atom stereocenters. The third-order valence-corrected chi connectivity index (χ3v) is 9.42. The molecule has 276 valence electrons. The van der Waals surface area contributed by atoms with Gasteiger partial charge in [0.1, 0.15) is 24.7 Å². The predicted molar refractivity (Wildman–Crippen MR) is 192 cm³/mol. The lowest BCUT2D eigenvalue weighted by Crippen LogP contribution is -2.40. The highest BCUT2D eigenvalue weighted by Crippen LogP contribution is 2.51. The zero-order chi connectivity index (χ0) is 36.9. The monoisotopic (exact) mass is 704 g/mol. The first-order valence-corrected chi connectivity index (χ1v) is 17.6. The number of benzene rings is 2. The number of rotatable bonds is 19. The van der Waals surface area contributed by atoms with Crippen LogP contribution in [-0.2, 0) is 28.6 Å². The number of ether oxygens (including phenoxy) is 5. The molecule has 2 fully saturated rings. The van der Waals surface area contributed by atoms with Crippen molar-refractivity contribution < 1.29 is 42.9 Å². The van der Waals surface area contributed by atoms with E-state index in [1.807, 2.05) is 62.4 Å². The Morgan fingerprint density at radius 1 is 0.706 bits per heavy atom. The fourth-order valence-corrected chi connectivity index (χ4v) is 6.67. The molecule has 6 atom stereocenters. The van der Waals surface area contributed by atoms with Crippen LogP contribution in [0, 0.1) is 43.4 Å². The Morgan fingerprint density at radius 2 is 1.22 bits per heavy atom. The third kappa shape index (κ3) is 12.8. The van der Waals surface area contributed by atoms with Crippen LogP contribution in [0.4, 0.5) is 4.79 Å². The Labute approximate surface area is 301 Å². The van der Waals surface area contributed by atoms with Gasteiger partial charge in [-0.1, -0.05) is 48.6 Å². The molecule has 2 aromatic carbocycles. The number of hydrogen-bond donors (Lipinski definition) is 2. The molecule has 4 rings (SSSR count). The summed E-state index contributed by atoms with van der Waals surface area (Å²) in [4.78, 5) is 50.0. The summed E-state index contributed by atoms with van der Waals surface area (Å²) in [5.74, 6) is 1.17. The Kier molecular flexibility index (Phi) is 14.5. The van der Waals surface area contributed by atoms with Gasteiger partial charge in [-0.15, -0.1) is 0 Å². The minimum absolute atomic E-state index is 0.00507. The first-order valence-electron chi connectivity index (χ1n) is 17.6. The van der Waals surface area contributed by atoms with Crippen LogP contribution in [0.5, 0.6) is 11.5 Å². The molecule has 11 nitrogen and oxygen atoms in total. The molecule has 0 radical (unpaired) electrons. The zero-order valence-corrected chi connectivity index (χ0v) is 30.2. The fourth-order valence-electron chi connectivity index (χ4n) is 6.67. The molecular weight excluding hydrogens is 652 g/mol. The van der Waals surface area contributed by atoms with Crippen molar-refractivity contribution in [3.05, 3.63) is 84.0 Å². The molecule has 0 aliphatic heterocycles. The minimum atomic E-state index is -0.826. The van der Waals surface area contributed by atoms with Crippen LogP contribution >= 0.6 is 0 Å². The van der Waals surface area contributed by atoms with Crippen molar-refractivity contribution in [1.82, 2.24) is 10.6 Å². The highest BCUT2D eigenvalue weighted by molar-refractivity contribution is 5.87. The summed E-state index contributed by atoms with van der Waals surface area (Å²) in [5, 5.41) is 6.01. The van der Waals surface area contributed by atoms with Gasteiger partial charge in [0.05, 0.1) is 13.2 Å².